The van der Waals surface area contributed by atoms with Gasteiger partial charge in [0, 0.05) is 17.8 Å². The second-order valence-electron chi connectivity index (χ2n) is 4.51. The van der Waals surface area contributed by atoms with E-state index in [0.717, 1.165) is 16.4 Å². The largest absolute Gasteiger partial charge is 0.493 e. The van der Waals surface area contributed by atoms with E-state index in [1.54, 1.807) is 11.3 Å². The minimum atomic E-state index is -0.0396. The number of nitrogens with zero attached hydrogens (tertiary/aromatic N) is 2. The van der Waals surface area contributed by atoms with Crippen LogP contribution in [-0.4, -0.2) is 21.9 Å². The first-order chi connectivity index (χ1) is 10.3. The number of imidazole rings is 1. The van der Waals surface area contributed by atoms with Crippen LogP contribution in [0.25, 0.3) is 4.96 Å². The summed E-state index contributed by atoms with van der Waals surface area (Å²) >= 11 is 1.57. The van der Waals surface area contributed by atoms with Gasteiger partial charge in [-0.3, -0.25) is 9.20 Å². The van der Waals surface area contributed by atoms with E-state index in [-0.39, 0.29) is 5.91 Å². The maximum Gasteiger partial charge on any atom is 0.223 e. The average Bonchev–Trinajstić information content (AvgIpc) is 3.07. The van der Waals surface area contributed by atoms with Gasteiger partial charge in [0.25, 0.3) is 0 Å². The van der Waals surface area contributed by atoms with Crippen LogP contribution in [0.15, 0.2) is 48.1 Å². The molecular formula is C15H15N3O2S. The van der Waals surface area contributed by atoms with Gasteiger partial charge >= 0.3 is 0 Å². The van der Waals surface area contributed by atoms with Gasteiger partial charge in [-0.05, 0) is 12.1 Å². The topological polar surface area (TPSA) is 55.6 Å². The SMILES string of the molecule is O=C(CCOc1ccccc1)NCc1cn2ccsc2n1. The second-order valence-corrected chi connectivity index (χ2v) is 5.39. The summed E-state index contributed by atoms with van der Waals surface area (Å²) < 4.78 is 7.43. The number of nitrogens with one attached hydrogen (secondary N) is 1. The van der Waals surface area contributed by atoms with Crippen molar-refractivity contribution in [2.45, 2.75) is 13.0 Å². The van der Waals surface area contributed by atoms with Gasteiger partial charge in [-0.15, -0.1) is 11.3 Å². The van der Waals surface area contributed by atoms with Crippen molar-refractivity contribution >= 4 is 22.2 Å². The summed E-state index contributed by atoms with van der Waals surface area (Å²) in [6.07, 6.45) is 4.20. The Morgan fingerprint density at radius 3 is 3.00 bits per heavy atom. The fraction of sp³-hybridized carbons (Fsp3) is 0.200. The lowest BCUT2D eigenvalue weighted by Gasteiger charge is -2.06. The van der Waals surface area contributed by atoms with Crippen LogP contribution >= 0.6 is 11.3 Å². The van der Waals surface area contributed by atoms with Crippen LogP contribution < -0.4 is 10.1 Å². The fourth-order valence-corrected chi connectivity index (χ4v) is 2.64. The molecule has 1 aromatic carbocycles. The lowest BCUT2D eigenvalue weighted by molar-refractivity contribution is -0.121. The summed E-state index contributed by atoms with van der Waals surface area (Å²) in [5.74, 6) is 0.738. The molecule has 0 saturated heterocycles. The Morgan fingerprint density at radius 1 is 1.33 bits per heavy atom. The van der Waals surface area contributed by atoms with Crippen molar-refractivity contribution in [1.29, 1.82) is 0 Å². The van der Waals surface area contributed by atoms with Crippen LogP contribution in [0.5, 0.6) is 5.75 Å². The van der Waals surface area contributed by atoms with Gasteiger partial charge in [-0.25, -0.2) is 4.98 Å². The first-order valence-corrected chi connectivity index (χ1v) is 7.55. The third-order valence-electron chi connectivity index (χ3n) is 2.95. The Hall–Kier alpha value is -2.34. The highest BCUT2D eigenvalue weighted by molar-refractivity contribution is 7.15. The quantitative estimate of drug-likeness (QED) is 0.761. The first kappa shape index (κ1) is 13.6. The summed E-state index contributed by atoms with van der Waals surface area (Å²) in [5, 5.41) is 4.82. The average molecular weight is 301 g/mol. The third kappa shape index (κ3) is 3.61. The number of rotatable bonds is 6. The highest BCUT2D eigenvalue weighted by Crippen LogP contribution is 2.11. The molecule has 0 radical (unpaired) electrons. The van der Waals surface area contributed by atoms with Gasteiger partial charge in [0.1, 0.15) is 5.75 Å². The van der Waals surface area contributed by atoms with Crippen molar-refractivity contribution in [1.82, 2.24) is 14.7 Å². The zero-order chi connectivity index (χ0) is 14.5. The van der Waals surface area contributed by atoms with Crippen LogP contribution in [0.2, 0.25) is 0 Å². The van der Waals surface area contributed by atoms with Gasteiger partial charge in [-0.1, -0.05) is 18.2 Å². The number of para-hydroxylation sites is 1. The number of amides is 1. The molecule has 3 aromatic rings. The molecular weight excluding hydrogens is 286 g/mol. The minimum Gasteiger partial charge on any atom is -0.493 e. The summed E-state index contributed by atoms with van der Waals surface area (Å²) in [7, 11) is 0. The number of thiazole rings is 1. The van der Waals surface area contributed by atoms with Gasteiger partial charge < -0.3 is 10.1 Å². The van der Waals surface area contributed by atoms with Crippen LogP contribution in [0, 0.1) is 0 Å². The zero-order valence-corrected chi connectivity index (χ0v) is 12.2. The van der Waals surface area contributed by atoms with E-state index in [9.17, 15) is 4.79 Å². The smallest absolute Gasteiger partial charge is 0.223 e. The standard InChI is InChI=1S/C15H15N3O2S/c19-14(6-8-20-13-4-2-1-3-5-13)16-10-12-11-18-7-9-21-15(18)17-12/h1-5,7,9,11H,6,8,10H2,(H,16,19). The molecule has 3 rings (SSSR count). The maximum atomic E-state index is 11.7. The van der Waals surface area contributed by atoms with Crippen LogP contribution in [-0.2, 0) is 11.3 Å². The molecule has 21 heavy (non-hydrogen) atoms. The number of ether oxygens (including phenoxy) is 1. The summed E-state index contributed by atoms with van der Waals surface area (Å²) in [4.78, 5) is 17.1. The molecule has 0 aliphatic carbocycles. The summed E-state index contributed by atoms with van der Waals surface area (Å²) in [5.41, 5.74) is 0.860. The molecule has 108 valence electrons. The fourth-order valence-electron chi connectivity index (χ4n) is 1.92. The van der Waals surface area contributed by atoms with Crippen molar-refractivity contribution in [3.8, 4) is 5.75 Å². The molecule has 1 amide bonds. The molecule has 0 saturated carbocycles. The Labute approximate surface area is 126 Å². The van der Waals surface area contributed by atoms with Gasteiger partial charge in [0.15, 0.2) is 4.96 Å². The predicted molar refractivity (Wildman–Crippen MR) is 81.5 cm³/mol. The lowest BCUT2D eigenvalue weighted by atomic mass is 10.3. The first-order valence-electron chi connectivity index (χ1n) is 6.67. The van der Waals surface area contributed by atoms with Gasteiger partial charge in [0.05, 0.1) is 25.3 Å². The van der Waals surface area contributed by atoms with Gasteiger partial charge in [-0.2, -0.15) is 0 Å². The normalized spacial score (nSPS) is 10.7. The molecule has 0 aliphatic heterocycles. The molecule has 0 fully saturated rings. The number of fused-ring (bicyclic) bond motifs is 1. The number of carbonyl (C=O) groups excluding carboxylic acids is 1. The molecule has 0 spiro atoms. The number of carbonyl (C=O) groups is 1. The molecule has 0 bridgehead atoms. The van der Waals surface area contributed by atoms with Crippen molar-refractivity contribution in [3.63, 3.8) is 0 Å². The van der Waals surface area contributed by atoms with E-state index in [2.05, 4.69) is 10.3 Å². The molecule has 2 heterocycles. The maximum absolute atomic E-state index is 11.7. The molecule has 1 N–H and O–H groups in total. The Bertz CT molecular complexity index is 692. The molecule has 6 heteroatoms. The van der Waals surface area contributed by atoms with Crippen molar-refractivity contribution in [3.05, 3.63) is 53.8 Å². The summed E-state index contributed by atoms with van der Waals surface area (Å²) in [6, 6.07) is 9.47. The number of hydrogen-bond acceptors (Lipinski definition) is 4. The number of hydrogen-bond donors (Lipinski definition) is 1. The number of benzene rings is 1. The third-order valence-corrected chi connectivity index (χ3v) is 3.72. The van der Waals surface area contributed by atoms with E-state index >= 15 is 0 Å². The molecule has 0 unspecified atom stereocenters. The van der Waals surface area contributed by atoms with Crippen LogP contribution in [0.1, 0.15) is 12.1 Å². The van der Waals surface area contributed by atoms with E-state index in [1.807, 2.05) is 52.5 Å². The summed E-state index contributed by atoms with van der Waals surface area (Å²) in [6.45, 7) is 0.812. The minimum absolute atomic E-state index is 0.0396. The lowest BCUT2D eigenvalue weighted by Crippen LogP contribution is -2.24. The molecule has 0 aliphatic rings. The van der Waals surface area contributed by atoms with Crippen molar-refractivity contribution < 1.29 is 9.53 Å². The second kappa shape index (κ2) is 6.41. The van der Waals surface area contributed by atoms with E-state index in [4.69, 9.17) is 4.74 Å². The van der Waals surface area contributed by atoms with Crippen molar-refractivity contribution in [2.24, 2.45) is 0 Å². The zero-order valence-electron chi connectivity index (χ0n) is 11.4. The van der Waals surface area contributed by atoms with E-state index in [0.29, 0.717) is 19.6 Å². The molecule has 2 aromatic heterocycles. The Morgan fingerprint density at radius 2 is 2.19 bits per heavy atom. The Kier molecular flexibility index (Phi) is 4.16. The molecule has 5 nitrogen and oxygen atoms in total. The van der Waals surface area contributed by atoms with E-state index in [1.165, 1.54) is 0 Å². The highest BCUT2D eigenvalue weighted by atomic mass is 32.1. The Balaban J connectivity index is 1.41. The van der Waals surface area contributed by atoms with Crippen LogP contribution in [0.3, 0.4) is 0 Å². The van der Waals surface area contributed by atoms with Crippen molar-refractivity contribution in [2.75, 3.05) is 6.61 Å². The monoisotopic (exact) mass is 301 g/mol. The van der Waals surface area contributed by atoms with Gasteiger partial charge in [0.2, 0.25) is 5.91 Å². The van der Waals surface area contributed by atoms with Crippen LogP contribution in [0.4, 0.5) is 0 Å². The molecule has 0 atom stereocenters. The highest BCUT2D eigenvalue weighted by Gasteiger charge is 2.05. The number of aromatic nitrogens is 2. The predicted octanol–water partition coefficient (Wildman–Crippen LogP) is 2.48. The van der Waals surface area contributed by atoms with E-state index < -0.39 is 0 Å².